The van der Waals surface area contributed by atoms with Crippen molar-refractivity contribution in [1.29, 1.82) is 0 Å². The molecule has 4 nitrogen and oxygen atoms in total. The van der Waals surface area contributed by atoms with Crippen molar-refractivity contribution in [3.8, 4) is 0 Å². The molecular weight excluding hydrogens is 182 g/mol. The minimum absolute atomic E-state index is 0.177. The van der Waals surface area contributed by atoms with Gasteiger partial charge in [-0.1, -0.05) is 0 Å². The van der Waals surface area contributed by atoms with Crippen LogP contribution in [0.5, 0.6) is 0 Å². The van der Waals surface area contributed by atoms with Crippen LogP contribution in [0.4, 0.5) is 4.79 Å². The zero-order valence-electron chi connectivity index (χ0n) is 7.86. The van der Waals surface area contributed by atoms with Crippen LogP contribution in [0.15, 0.2) is 0 Å². The monoisotopic (exact) mass is 195 g/mol. The van der Waals surface area contributed by atoms with Gasteiger partial charge in [-0.3, -0.25) is 0 Å². The summed E-state index contributed by atoms with van der Waals surface area (Å²) in [7, 11) is 0. The number of epoxide rings is 1. The van der Waals surface area contributed by atoms with Crippen molar-refractivity contribution in [3.05, 3.63) is 0 Å². The Labute approximate surface area is 81.9 Å². The number of carbonyl (C=O) groups is 1. The lowest BCUT2D eigenvalue weighted by atomic mass is 9.99. The van der Waals surface area contributed by atoms with E-state index in [1.54, 1.807) is 0 Å². The fourth-order valence-electron chi connectivity index (χ4n) is 3.70. The maximum atomic E-state index is 11.1. The summed E-state index contributed by atoms with van der Waals surface area (Å²) in [5.74, 6) is 1.40. The Morgan fingerprint density at radius 3 is 3.07 bits per heavy atom. The van der Waals surface area contributed by atoms with Crippen LogP contribution in [-0.4, -0.2) is 30.4 Å². The number of hydrogen-bond donors (Lipinski definition) is 1. The van der Waals surface area contributed by atoms with Crippen LogP contribution in [0.1, 0.15) is 19.3 Å². The lowest BCUT2D eigenvalue weighted by Crippen LogP contribution is -2.30. The Kier molecular flexibility index (Phi) is 1.12. The lowest BCUT2D eigenvalue weighted by molar-refractivity contribution is 0.0562. The predicted molar refractivity (Wildman–Crippen MR) is 46.7 cm³/mol. The van der Waals surface area contributed by atoms with Gasteiger partial charge < -0.3 is 14.8 Å². The van der Waals surface area contributed by atoms with Crippen molar-refractivity contribution in [2.24, 2.45) is 11.8 Å². The van der Waals surface area contributed by atoms with E-state index in [1.807, 2.05) is 0 Å². The van der Waals surface area contributed by atoms with Crippen molar-refractivity contribution in [2.75, 3.05) is 6.54 Å². The molecule has 0 radical (unpaired) electrons. The average molecular weight is 195 g/mol. The van der Waals surface area contributed by atoms with Gasteiger partial charge in [0.25, 0.3) is 0 Å². The second kappa shape index (κ2) is 2.08. The van der Waals surface area contributed by atoms with Crippen LogP contribution in [0.25, 0.3) is 0 Å². The van der Waals surface area contributed by atoms with Crippen LogP contribution in [0.3, 0.4) is 0 Å². The SMILES string of the molecule is O=C1NCC2(C[C@@H]3CC4OC4[C@H]3C2)O1. The minimum atomic E-state index is -0.238. The van der Waals surface area contributed by atoms with E-state index < -0.39 is 0 Å². The molecule has 0 aromatic carbocycles. The molecule has 2 heterocycles. The van der Waals surface area contributed by atoms with Crippen LogP contribution >= 0.6 is 0 Å². The molecule has 1 amide bonds. The Morgan fingerprint density at radius 2 is 2.36 bits per heavy atom. The third-order valence-corrected chi connectivity index (χ3v) is 4.29. The maximum absolute atomic E-state index is 11.1. The summed E-state index contributed by atoms with van der Waals surface area (Å²) in [6, 6.07) is 0. The first-order valence-corrected chi connectivity index (χ1v) is 5.38. The van der Waals surface area contributed by atoms with Gasteiger partial charge in [0.1, 0.15) is 5.60 Å². The number of ether oxygens (including phenoxy) is 2. The Hall–Kier alpha value is -0.770. The van der Waals surface area contributed by atoms with Crippen molar-refractivity contribution in [2.45, 2.75) is 37.1 Å². The number of fused-ring (bicyclic) bond motifs is 3. The van der Waals surface area contributed by atoms with E-state index in [0.29, 0.717) is 24.7 Å². The number of alkyl carbamates (subject to hydrolysis) is 1. The van der Waals surface area contributed by atoms with Gasteiger partial charge >= 0.3 is 6.09 Å². The number of amides is 1. The molecule has 5 atom stereocenters. The predicted octanol–water partition coefficient (Wildman–Crippen LogP) is 0.662. The smallest absolute Gasteiger partial charge is 0.407 e. The van der Waals surface area contributed by atoms with Gasteiger partial charge in [-0.05, 0) is 31.1 Å². The minimum Gasteiger partial charge on any atom is -0.441 e. The fourth-order valence-corrected chi connectivity index (χ4v) is 3.70. The standard InChI is InChI=1S/C10H13NO3/c12-9-11-4-10(14-9)2-5-1-7-8(13-7)6(5)3-10/h5-8H,1-4H2,(H,11,12)/t5-,6-,7?,8?,10?/m0/s1. The van der Waals surface area contributed by atoms with E-state index in [0.717, 1.165) is 18.8 Å². The van der Waals surface area contributed by atoms with Crippen molar-refractivity contribution in [3.63, 3.8) is 0 Å². The number of nitrogens with one attached hydrogen (secondary N) is 1. The summed E-state index contributed by atoms with van der Waals surface area (Å²) in [6.07, 6.45) is 4.06. The molecule has 2 aliphatic carbocycles. The van der Waals surface area contributed by atoms with Gasteiger partial charge in [-0.2, -0.15) is 0 Å². The van der Waals surface area contributed by atoms with E-state index in [4.69, 9.17) is 9.47 Å². The molecule has 3 unspecified atom stereocenters. The Morgan fingerprint density at radius 1 is 1.43 bits per heavy atom. The largest absolute Gasteiger partial charge is 0.441 e. The van der Waals surface area contributed by atoms with E-state index in [1.165, 1.54) is 6.42 Å². The van der Waals surface area contributed by atoms with E-state index >= 15 is 0 Å². The van der Waals surface area contributed by atoms with Crippen LogP contribution in [0.2, 0.25) is 0 Å². The van der Waals surface area contributed by atoms with Crippen molar-refractivity contribution in [1.82, 2.24) is 5.32 Å². The van der Waals surface area contributed by atoms with Gasteiger partial charge in [0.05, 0.1) is 18.8 Å². The van der Waals surface area contributed by atoms with Crippen LogP contribution in [0, 0.1) is 11.8 Å². The molecule has 1 spiro atoms. The Bertz CT molecular complexity index is 318. The molecule has 14 heavy (non-hydrogen) atoms. The first-order chi connectivity index (χ1) is 6.76. The molecular formula is C10H13NO3. The molecule has 2 aliphatic heterocycles. The van der Waals surface area contributed by atoms with E-state index in [2.05, 4.69) is 5.32 Å². The summed E-state index contributed by atoms with van der Waals surface area (Å²) in [6.45, 7) is 0.705. The molecule has 2 saturated heterocycles. The second-order valence-corrected chi connectivity index (χ2v) is 5.13. The topological polar surface area (TPSA) is 50.9 Å². The molecule has 1 N–H and O–H groups in total. The van der Waals surface area contributed by atoms with E-state index in [-0.39, 0.29) is 11.7 Å². The summed E-state index contributed by atoms with van der Waals surface area (Å²) in [4.78, 5) is 11.1. The van der Waals surface area contributed by atoms with Gasteiger partial charge in [-0.15, -0.1) is 0 Å². The van der Waals surface area contributed by atoms with Crippen LogP contribution in [-0.2, 0) is 9.47 Å². The molecule has 4 heteroatoms. The average Bonchev–Trinajstić information content (AvgIpc) is 2.49. The quantitative estimate of drug-likeness (QED) is 0.578. The Balaban J connectivity index is 1.60. The highest BCUT2D eigenvalue weighted by Gasteiger charge is 2.63. The fraction of sp³-hybridized carbons (Fsp3) is 0.900. The zero-order chi connectivity index (χ0) is 9.34. The molecule has 0 aromatic heterocycles. The highest BCUT2D eigenvalue weighted by molar-refractivity contribution is 5.70. The molecule has 0 aromatic rings. The molecule has 4 aliphatic rings. The van der Waals surface area contributed by atoms with E-state index in [9.17, 15) is 4.79 Å². The third kappa shape index (κ3) is 0.804. The summed E-state index contributed by atoms with van der Waals surface area (Å²) >= 11 is 0. The molecule has 0 bridgehead atoms. The zero-order valence-corrected chi connectivity index (χ0v) is 7.86. The highest BCUT2D eigenvalue weighted by atomic mass is 16.6. The van der Waals surface area contributed by atoms with Crippen molar-refractivity contribution >= 4 is 6.09 Å². The normalized spacial score (nSPS) is 58.1. The molecule has 2 saturated carbocycles. The summed E-state index contributed by atoms with van der Waals surface area (Å²) in [5, 5.41) is 2.77. The van der Waals surface area contributed by atoms with Gasteiger partial charge in [0, 0.05) is 0 Å². The molecule has 4 fully saturated rings. The molecule has 4 rings (SSSR count). The van der Waals surface area contributed by atoms with Crippen molar-refractivity contribution < 1.29 is 14.3 Å². The maximum Gasteiger partial charge on any atom is 0.407 e. The summed E-state index contributed by atoms with van der Waals surface area (Å²) in [5.41, 5.74) is -0.177. The lowest BCUT2D eigenvalue weighted by Gasteiger charge is -2.20. The second-order valence-electron chi connectivity index (χ2n) is 5.13. The molecule has 76 valence electrons. The summed E-state index contributed by atoms with van der Waals surface area (Å²) < 4.78 is 10.9. The first kappa shape index (κ1) is 7.51. The number of carbonyl (C=O) groups excluding carboxylic acids is 1. The highest BCUT2D eigenvalue weighted by Crippen LogP contribution is 2.58. The van der Waals surface area contributed by atoms with Gasteiger partial charge in [0.2, 0.25) is 0 Å². The van der Waals surface area contributed by atoms with Gasteiger partial charge in [-0.25, -0.2) is 4.79 Å². The van der Waals surface area contributed by atoms with Gasteiger partial charge in [0.15, 0.2) is 0 Å². The third-order valence-electron chi connectivity index (χ3n) is 4.29. The number of rotatable bonds is 0. The first-order valence-electron chi connectivity index (χ1n) is 5.38. The van der Waals surface area contributed by atoms with Crippen LogP contribution < -0.4 is 5.32 Å². The number of hydrogen-bond acceptors (Lipinski definition) is 3.